The quantitative estimate of drug-likeness (QED) is 0.291. The molecule has 10 heteroatoms. The number of nitrogens with two attached hydrogens (primary N) is 1. The van der Waals surface area contributed by atoms with Crippen molar-refractivity contribution in [2.24, 2.45) is 4.99 Å². The van der Waals surface area contributed by atoms with Crippen LogP contribution in [0.3, 0.4) is 0 Å². The SMILES string of the molecule is C=NCc1c(N)ccc2c1C1(CCCc3c(-c4nc(OC(C)C5CCCN5C)cc(N5CC(C)NC6(CC6)C5)n4)noc31)CC2. The number of piperazine rings is 1. The van der Waals surface area contributed by atoms with Gasteiger partial charge in [-0.1, -0.05) is 11.2 Å². The van der Waals surface area contributed by atoms with E-state index in [2.05, 4.69) is 53.8 Å². The van der Waals surface area contributed by atoms with Crippen molar-refractivity contribution in [3.63, 3.8) is 0 Å². The van der Waals surface area contributed by atoms with Crippen LogP contribution in [-0.4, -0.2) is 77.2 Å². The molecule has 45 heavy (non-hydrogen) atoms. The van der Waals surface area contributed by atoms with Crippen LogP contribution < -0.4 is 20.7 Å². The fourth-order valence-electron chi connectivity index (χ4n) is 9.06. The van der Waals surface area contributed by atoms with Gasteiger partial charge in [0, 0.05) is 53.6 Å². The van der Waals surface area contributed by atoms with Gasteiger partial charge in [0.2, 0.25) is 5.88 Å². The van der Waals surface area contributed by atoms with E-state index in [1.807, 2.05) is 12.1 Å². The van der Waals surface area contributed by atoms with Crippen LogP contribution in [0.4, 0.5) is 11.5 Å². The molecule has 3 aliphatic carbocycles. The van der Waals surface area contributed by atoms with E-state index in [0.29, 0.717) is 30.3 Å². The number of hydrogen-bond donors (Lipinski definition) is 2. The van der Waals surface area contributed by atoms with Gasteiger partial charge >= 0.3 is 0 Å². The summed E-state index contributed by atoms with van der Waals surface area (Å²) in [6, 6.07) is 6.99. The summed E-state index contributed by atoms with van der Waals surface area (Å²) in [4.78, 5) is 19.3. The van der Waals surface area contributed by atoms with Crippen molar-refractivity contribution in [1.29, 1.82) is 0 Å². The molecule has 238 valence electrons. The number of nitrogens with zero attached hydrogens (tertiary/aromatic N) is 6. The molecule has 1 saturated carbocycles. The van der Waals surface area contributed by atoms with E-state index in [4.69, 9.17) is 30.1 Å². The topological polar surface area (TPSA) is 118 Å². The molecule has 2 aromatic heterocycles. The van der Waals surface area contributed by atoms with Gasteiger partial charge in [0.15, 0.2) is 17.3 Å². The third kappa shape index (κ3) is 4.83. The molecule has 2 saturated heterocycles. The molecule has 4 atom stereocenters. The average molecular weight is 611 g/mol. The lowest BCUT2D eigenvalue weighted by Gasteiger charge is -2.39. The highest BCUT2D eigenvalue weighted by atomic mass is 16.5. The maximum absolute atomic E-state index is 6.65. The molecule has 10 nitrogen and oxygen atoms in total. The van der Waals surface area contributed by atoms with E-state index in [-0.39, 0.29) is 17.1 Å². The highest BCUT2D eigenvalue weighted by Crippen LogP contribution is 2.54. The lowest BCUT2D eigenvalue weighted by Crippen LogP contribution is -2.57. The van der Waals surface area contributed by atoms with Crippen molar-refractivity contribution in [3.8, 4) is 17.4 Å². The summed E-state index contributed by atoms with van der Waals surface area (Å²) in [5, 5.41) is 8.57. The number of aromatic nitrogens is 3. The lowest BCUT2D eigenvalue weighted by molar-refractivity contribution is 0.117. The fourth-order valence-corrected chi connectivity index (χ4v) is 9.06. The minimum absolute atomic E-state index is 0.0108. The maximum Gasteiger partial charge on any atom is 0.219 e. The van der Waals surface area contributed by atoms with E-state index in [9.17, 15) is 0 Å². The van der Waals surface area contributed by atoms with Gasteiger partial charge in [0.05, 0.1) is 12.0 Å². The molecule has 1 aromatic carbocycles. The Morgan fingerprint density at radius 1 is 1.20 bits per heavy atom. The van der Waals surface area contributed by atoms with Crippen LogP contribution in [0, 0.1) is 0 Å². The number of anilines is 2. The molecule has 3 aromatic rings. The van der Waals surface area contributed by atoms with Gasteiger partial charge in [-0.3, -0.25) is 9.89 Å². The van der Waals surface area contributed by atoms with E-state index in [0.717, 1.165) is 92.2 Å². The van der Waals surface area contributed by atoms with Crippen molar-refractivity contribution in [2.75, 3.05) is 37.3 Å². The summed E-state index contributed by atoms with van der Waals surface area (Å²) >= 11 is 0. The van der Waals surface area contributed by atoms with Gasteiger partial charge in [-0.25, -0.2) is 4.98 Å². The zero-order chi connectivity index (χ0) is 30.9. The average Bonchev–Trinajstić information content (AvgIpc) is 3.35. The first kappa shape index (κ1) is 28.9. The summed E-state index contributed by atoms with van der Waals surface area (Å²) in [6.45, 7) is 11.6. The molecule has 2 aliphatic heterocycles. The first-order chi connectivity index (χ1) is 21.8. The van der Waals surface area contributed by atoms with Crippen molar-refractivity contribution in [1.82, 2.24) is 25.3 Å². The second-order valence-corrected chi connectivity index (χ2v) is 14.4. The summed E-state index contributed by atoms with van der Waals surface area (Å²) < 4.78 is 13.0. The summed E-state index contributed by atoms with van der Waals surface area (Å²) in [7, 11) is 2.19. The number of hydrogen-bond acceptors (Lipinski definition) is 10. The van der Waals surface area contributed by atoms with Crippen LogP contribution in [0.5, 0.6) is 5.88 Å². The number of fused-ring (bicyclic) bond motifs is 4. The first-order valence-corrected chi connectivity index (χ1v) is 16.9. The number of aliphatic imine (C=N–C) groups is 1. The van der Waals surface area contributed by atoms with Crippen molar-refractivity contribution >= 4 is 18.2 Å². The number of likely N-dealkylation sites (N-methyl/N-ethyl adjacent to an activating group) is 1. The number of rotatable bonds is 7. The largest absolute Gasteiger partial charge is 0.473 e. The summed E-state index contributed by atoms with van der Waals surface area (Å²) in [5.74, 6) is 3.05. The van der Waals surface area contributed by atoms with Crippen LogP contribution in [0.15, 0.2) is 27.7 Å². The smallest absolute Gasteiger partial charge is 0.219 e. The Bertz CT molecular complexity index is 1630. The summed E-state index contributed by atoms with van der Waals surface area (Å²) in [6.07, 6.45) is 9.61. The van der Waals surface area contributed by atoms with Crippen LogP contribution in [0.1, 0.15) is 86.8 Å². The van der Waals surface area contributed by atoms with E-state index >= 15 is 0 Å². The second kappa shape index (κ2) is 10.8. The predicted molar refractivity (Wildman–Crippen MR) is 176 cm³/mol. The molecule has 3 N–H and O–H groups in total. The van der Waals surface area contributed by atoms with Gasteiger partial charge in [0.1, 0.15) is 11.9 Å². The molecular formula is C35H46N8O2. The Labute approximate surface area is 265 Å². The maximum atomic E-state index is 6.65. The number of benzene rings is 1. The second-order valence-electron chi connectivity index (χ2n) is 14.4. The molecule has 8 rings (SSSR count). The highest BCUT2D eigenvalue weighted by molar-refractivity contribution is 5.66. The zero-order valence-corrected chi connectivity index (χ0v) is 26.9. The normalized spacial score (nSPS) is 27.5. The number of aryl methyl sites for hydroxylation is 1. The molecule has 0 radical (unpaired) electrons. The van der Waals surface area contributed by atoms with Gasteiger partial charge in [-0.2, -0.15) is 4.98 Å². The Balaban J connectivity index is 1.21. The monoisotopic (exact) mass is 610 g/mol. The Morgan fingerprint density at radius 2 is 2.07 bits per heavy atom. The molecule has 0 bridgehead atoms. The van der Waals surface area contributed by atoms with Crippen LogP contribution in [0.25, 0.3) is 11.5 Å². The molecule has 5 aliphatic rings. The van der Waals surface area contributed by atoms with Crippen LogP contribution >= 0.6 is 0 Å². The number of nitrogen functional groups attached to an aromatic ring is 1. The van der Waals surface area contributed by atoms with Crippen molar-refractivity contribution in [2.45, 2.75) is 107 Å². The molecule has 2 spiro atoms. The standard InChI is InChI=1S/C35H46N8O2/c1-21-19-43(20-34(40-21)14-15-34)28-17-29(44-22(2)27-8-6-16-42(27)4)39-33(38-28)31-24-7-5-12-35(32(24)45-41-31)13-11-23-9-10-26(36)25(18-37-3)30(23)35/h9-10,17,21-22,27,40H,3,5-8,11-16,18-20,36H2,1-2,4H3. The zero-order valence-electron chi connectivity index (χ0n) is 26.9. The highest BCUT2D eigenvalue weighted by Gasteiger charge is 2.50. The van der Waals surface area contributed by atoms with Gasteiger partial charge in [0.25, 0.3) is 0 Å². The van der Waals surface area contributed by atoms with Gasteiger partial charge in [-0.05, 0) is 109 Å². The van der Waals surface area contributed by atoms with Gasteiger partial charge < -0.3 is 25.2 Å². The Kier molecular flexibility index (Phi) is 6.94. The number of nitrogens with one attached hydrogen (secondary N) is 1. The minimum Gasteiger partial charge on any atom is -0.473 e. The molecule has 4 unspecified atom stereocenters. The van der Waals surface area contributed by atoms with Crippen molar-refractivity contribution < 1.29 is 9.26 Å². The Hall–Kier alpha value is -3.50. The molecule has 4 heterocycles. The predicted octanol–water partition coefficient (Wildman–Crippen LogP) is 4.68. The van der Waals surface area contributed by atoms with E-state index < -0.39 is 0 Å². The summed E-state index contributed by atoms with van der Waals surface area (Å²) in [5.41, 5.74) is 12.8. The Morgan fingerprint density at radius 3 is 2.84 bits per heavy atom. The van der Waals surface area contributed by atoms with Crippen molar-refractivity contribution in [3.05, 3.63) is 46.2 Å². The minimum atomic E-state index is -0.269. The number of ether oxygens (including phenoxy) is 1. The molecule has 3 fully saturated rings. The van der Waals surface area contributed by atoms with E-state index in [1.54, 1.807) is 0 Å². The number of likely N-dealkylation sites (tertiary alicyclic amines) is 1. The lowest BCUT2D eigenvalue weighted by atomic mass is 9.68. The van der Waals surface area contributed by atoms with E-state index in [1.165, 1.54) is 30.4 Å². The van der Waals surface area contributed by atoms with Crippen LogP contribution in [-0.2, 0) is 24.8 Å². The fraction of sp³-hybridized carbons (Fsp3) is 0.600. The van der Waals surface area contributed by atoms with Gasteiger partial charge in [-0.15, -0.1) is 0 Å². The molecule has 0 amide bonds. The van der Waals surface area contributed by atoms with Crippen LogP contribution in [0.2, 0.25) is 0 Å². The third-order valence-corrected chi connectivity index (χ3v) is 11.3. The third-order valence-electron chi connectivity index (χ3n) is 11.3. The molecular weight excluding hydrogens is 564 g/mol. The first-order valence-electron chi connectivity index (χ1n) is 16.9.